The largest absolute Gasteiger partial charge is 0.503 e. The van der Waals surface area contributed by atoms with Gasteiger partial charge in [0, 0.05) is 13.7 Å². The Balaban J connectivity index is 1.96. The molecule has 31 heavy (non-hydrogen) atoms. The number of benzene rings is 1. The molecule has 0 radical (unpaired) electrons. The van der Waals surface area contributed by atoms with E-state index in [9.17, 15) is 14.7 Å². The van der Waals surface area contributed by atoms with Crippen molar-refractivity contribution in [2.75, 3.05) is 26.9 Å². The highest BCUT2D eigenvalue weighted by Crippen LogP contribution is 2.39. The van der Waals surface area contributed by atoms with Crippen molar-refractivity contribution < 1.29 is 28.6 Å². The first-order valence-electron chi connectivity index (χ1n) is 10.5. The van der Waals surface area contributed by atoms with Crippen LogP contribution in [0, 0.1) is 6.92 Å². The number of unbranched alkanes of at least 4 members (excludes halogenated alkanes) is 2. The molecule has 0 bridgehead atoms. The number of amides is 1. The number of methoxy groups -OCH3 is 1. The number of carbonyl (C=O) groups excluding carboxylic acids is 2. The number of furan rings is 1. The minimum atomic E-state index is -0.764. The molecule has 0 fully saturated rings. The summed E-state index contributed by atoms with van der Waals surface area (Å²) in [7, 11) is 1.53. The monoisotopic (exact) mass is 427 g/mol. The average molecular weight is 427 g/mol. The van der Waals surface area contributed by atoms with Crippen LogP contribution in [0.4, 0.5) is 0 Å². The van der Waals surface area contributed by atoms with Crippen LogP contribution in [-0.4, -0.2) is 48.6 Å². The van der Waals surface area contributed by atoms with Gasteiger partial charge in [0.25, 0.3) is 5.91 Å². The first kappa shape index (κ1) is 22.6. The van der Waals surface area contributed by atoms with E-state index in [1.54, 1.807) is 19.1 Å². The molecule has 1 unspecified atom stereocenters. The number of hydrogen-bond acceptors (Lipinski definition) is 6. The molecule has 1 aromatic carbocycles. The molecule has 3 rings (SSSR count). The van der Waals surface area contributed by atoms with E-state index in [-0.39, 0.29) is 24.5 Å². The molecule has 2 heterocycles. The Bertz CT molecular complexity index is 960. The van der Waals surface area contributed by atoms with Crippen molar-refractivity contribution in [3.05, 3.63) is 64.8 Å². The minimum Gasteiger partial charge on any atom is -0.503 e. The fraction of sp³-hybridized carbons (Fsp3) is 0.417. The SMILES string of the molecule is CCCCCOc1cccc(C2C(C(=O)c3ccc(C)o3)=C(O)C(=O)N2CCOC)c1. The van der Waals surface area contributed by atoms with E-state index in [2.05, 4.69) is 6.92 Å². The second kappa shape index (κ2) is 10.3. The number of aliphatic hydroxyl groups is 1. The highest BCUT2D eigenvalue weighted by atomic mass is 16.5. The normalized spacial score (nSPS) is 16.3. The fourth-order valence-electron chi connectivity index (χ4n) is 3.66. The zero-order valence-corrected chi connectivity index (χ0v) is 18.2. The Morgan fingerprint density at radius 1 is 1.19 bits per heavy atom. The molecular weight excluding hydrogens is 398 g/mol. The Hall–Kier alpha value is -3.06. The van der Waals surface area contributed by atoms with E-state index in [4.69, 9.17) is 13.9 Å². The summed E-state index contributed by atoms with van der Waals surface area (Å²) in [5, 5.41) is 10.6. The number of ether oxygens (including phenoxy) is 2. The third kappa shape index (κ3) is 4.99. The fourth-order valence-corrected chi connectivity index (χ4v) is 3.66. The highest BCUT2D eigenvalue weighted by Gasteiger charge is 2.44. The lowest BCUT2D eigenvalue weighted by molar-refractivity contribution is -0.130. The molecule has 1 amide bonds. The maximum atomic E-state index is 13.2. The third-order valence-electron chi connectivity index (χ3n) is 5.24. The molecule has 7 heteroatoms. The molecule has 166 valence electrons. The van der Waals surface area contributed by atoms with Crippen LogP contribution in [0.5, 0.6) is 5.75 Å². The van der Waals surface area contributed by atoms with Crippen molar-refractivity contribution in [3.8, 4) is 5.75 Å². The standard InChI is InChI=1S/C24H29NO6/c1-4-5-6-13-30-18-9-7-8-17(15-18)21-20(22(26)19-11-10-16(2)31-19)23(27)24(28)25(21)12-14-29-3/h7-11,15,21,27H,4-6,12-14H2,1-3H3. The van der Waals surface area contributed by atoms with E-state index in [0.717, 1.165) is 19.3 Å². The summed E-state index contributed by atoms with van der Waals surface area (Å²) < 4.78 is 16.5. The number of aliphatic hydroxyl groups excluding tert-OH is 1. The van der Waals surface area contributed by atoms with Gasteiger partial charge >= 0.3 is 0 Å². The number of ketones is 1. The maximum Gasteiger partial charge on any atom is 0.290 e. The van der Waals surface area contributed by atoms with Gasteiger partial charge in [-0.1, -0.05) is 31.9 Å². The van der Waals surface area contributed by atoms with Crippen molar-refractivity contribution in [2.24, 2.45) is 0 Å². The Kier molecular flexibility index (Phi) is 7.52. The smallest absolute Gasteiger partial charge is 0.290 e. The van der Waals surface area contributed by atoms with E-state index in [1.165, 1.54) is 12.0 Å². The number of aryl methyl sites for hydroxylation is 1. The van der Waals surface area contributed by atoms with Gasteiger partial charge in [0.1, 0.15) is 11.5 Å². The van der Waals surface area contributed by atoms with Gasteiger partial charge in [0.2, 0.25) is 5.78 Å². The van der Waals surface area contributed by atoms with Crippen LogP contribution in [0.2, 0.25) is 0 Å². The highest BCUT2D eigenvalue weighted by molar-refractivity contribution is 6.15. The van der Waals surface area contributed by atoms with Crippen LogP contribution in [0.25, 0.3) is 0 Å². The number of rotatable bonds is 11. The molecular formula is C24H29NO6. The summed E-state index contributed by atoms with van der Waals surface area (Å²) in [4.78, 5) is 27.5. The number of Topliss-reactive ketones (excluding diaryl/α,β-unsaturated/α-hetero) is 1. The number of carbonyl (C=O) groups is 2. The van der Waals surface area contributed by atoms with Crippen LogP contribution in [0.1, 0.15) is 54.1 Å². The Labute approximate surface area is 182 Å². The molecule has 1 N–H and O–H groups in total. The zero-order valence-electron chi connectivity index (χ0n) is 18.2. The van der Waals surface area contributed by atoms with Gasteiger partial charge in [-0.2, -0.15) is 0 Å². The van der Waals surface area contributed by atoms with Gasteiger partial charge in [0.05, 0.1) is 24.8 Å². The van der Waals surface area contributed by atoms with E-state index in [0.29, 0.717) is 23.7 Å². The Morgan fingerprint density at radius 3 is 2.68 bits per heavy atom. The predicted octanol–water partition coefficient (Wildman–Crippen LogP) is 4.38. The molecule has 0 spiro atoms. The topological polar surface area (TPSA) is 89.2 Å². The first-order chi connectivity index (χ1) is 15.0. The molecule has 2 aromatic rings. The summed E-state index contributed by atoms with van der Waals surface area (Å²) >= 11 is 0. The number of nitrogens with zero attached hydrogens (tertiary/aromatic N) is 1. The van der Waals surface area contributed by atoms with Crippen LogP contribution < -0.4 is 4.74 Å². The van der Waals surface area contributed by atoms with Crippen LogP contribution in [-0.2, 0) is 9.53 Å². The molecule has 0 saturated carbocycles. The quantitative estimate of drug-likeness (QED) is 0.423. The summed E-state index contributed by atoms with van der Waals surface area (Å²) in [6.45, 7) is 4.94. The van der Waals surface area contributed by atoms with Crippen molar-refractivity contribution in [1.29, 1.82) is 0 Å². The van der Waals surface area contributed by atoms with E-state index in [1.807, 2.05) is 24.3 Å². The van der Waals surface area contributed by atoms with E-state index < -0.39 is 23.5 Å². The van der Waals surface area contributed by atoms with Crippen LogP contribution in [0.15, 0.2) is 52.1 Å². The van der Waals surface area contributed by atoms with Gasteiger partial charge < -0.3 is 23.9 Å². The molecule has 1 aliphatic heterocycles. The zero-order chi connectivity index (χ0) is 22.4. The second-order valence-corrected chi connectivity index (χ2v) is 7.52. The maximum absolute atomic E-state index is 13.2. The summed E-state index contributed by atoms with van der Waals surface area (Å²) in [5.41, 5.74) is 0.673. The van der Waals surface area contributed by atoms with Gasteiger partial charge in [-0.3, -0.25) is 9.59 Å². The van der Waals surface area contributed by atoms with Gasteiger partial charge in [-0.05, 0) is 43.2 Å². The molecule has 1 atom stereocenters. The first-order valence-corrected chi connectivity index (χ1v) is 10.5. The van der Waals surface area contributed by atoms with Crippen molar-refractivity contribution in [1.82, 2.24) is 4.90 Å². The lowest BCUT2D eigenvalue weighted by Gasteiger charge is -2.26. The van der Waals surface area contributed by atoms with E-state index >= 15 is 0 Å². The molecule has 1 aromatic heterocycles. The molecule has 0 aliphatic carbocycles. The second-order valence-electron chi connectivity index (χ2n) is 7.52. The van der Waals surface area contributed by atoms with Gasteiger partial charge in [-0.15, -0.1) is 0 Å². The van der Waals surface area contributed by atoms with Gasteiger partial charge in [0.15, 0.2) is 11.5 Å². The van der Waals surface area contributed by atoms with Crippen molar-refractivity contribution in [2.45, 2.75) is 39.2 Å². The van der Waals surface area contributed by atoms with Crippen molar-refractivity contribution >= 4 is 11.7 Å². The predicted molar refractivity (Wildman–Crippen MR) is 115 cm³/mol. The Morgan fingerprint density at radius 2 is 2.00 bits per heavy atom. The molecule has 0 saturated heterocycles. The number of hydrogen-bond donors (Lipinski definition) is 1. The summed E-state index contributed by atoms with van der Waals surface area (Å²) in [5.74, 6) is -0.379. The van der Waals surface area contributed by atoms with Crippen LogP contribution in [0.3, 0.4) is 0 Å². The third-order valence-corrected chi connectivity index (χ3v) is 5.24. The summed E-state index contributed by atoms with van der Waals surface area (Å²) in [6.07, 6.45) is 3.13. The lowest BCUT2D eigenvalue weighted by Crippen LogP contribution is -2.34. The van der Waals surface area contributed by atoms with Crippen LogP contribution >= 0.6 is 0 Å². The molecule has 7 nitrogen and oxygen atoms in total. The summed E-state index contributed by atoms with van der Waals surface area (Å²) in [6, 6.07) is 9.73. The lowest BCUT2D eigenvalue weighted by atomic mass is 9.95. The molecule has 1 aliphatic rings. The van der Waals surface area contributed by atoms with Crippen molar-refractivity contribution in [3.63, 3.8) is 0 Å². The average Bonchev–Trinajstić information content (AvgIpc) is 3.31. The minimum absolute atomic E-state index is 0.00131. The van der Waals surface area contributed by atoms with Gasteiger partial charge in [-0.25, -0.2) is 0 Å².